The fourth-order valence-electron chi connectivity index (χ4n) is 3.71. The SMILES string of the molecule is COc1ccc(C(O)=C2C(=O)C(=O)N(c3ccc(OC)cc3)[C@H]2c2ccc(Br)cc2)cc1. The van der Waals surface area contributed by atoms with Gasteiger partial charge < -0.3 is 14.6 Å². The molecule has 6 nitrogen and oxygen atoms in total. The standard InChI is InChI=1S/C25H20BrNO5/c1-31-19-11-5-16(6-12-19)23(28)21-22(15-3-7-17(26)8-4-15)27(25(30)24(21)29)18-9-13-20(32-2)14-10-18/h3-14,22,28H,1-2H3/t22-/m0/s1. The van der Waals surface area contributed by atoms with E-state index in [1.807, 2.05) is 24.3 Å². The molecule has 162 valence electrons. The van der Waals surface area contributed by atoms with Crippen molar-refractivity contribution in [1.82, 2.24) is 0 Å². The summed E-state index contributed by atoms with van der Waals surface area (Å²) in [7, 11) is 3.10. The number of methoxy groups -OCH3 is 2. The summed E-state index contributed by atoms with van der Waals surface area (Å²) in [4.78, 5) is 27.7. The van der Waals surface area contributed by atoms with Crippen LogP contribution in [0.15, 0.2) is 82.8 Å². The smallest absolute Gasteiger partial charge is 0.300 e. The molecule has 0 unspecified atom stereocenters. The maximum atomic E-state index is 13.1. The summed E-state index contributed by atoms with van der Waals surface area (Å²) in [6, 6.07) is 20.0. The lowest BCUT2D eigenvalue weighted by Gasteiger charge is -2.25. The van der Waals surface area contributed by atoms with E-state index in [0.29, 0.717) is 28.3 Å². The highest BCUT2D eigenvalue weighted by Crippen LogP contribution is 2.42. The number of anilines is 1. The van der Waals surface area contributed by atoms with Gasteiger partial charge in [-0.3, -0.25) is 14.5 Å². The lowest BCUT2D eigenvalue weighted by molar-refractivity contribution is -0.132. The largest absolute Gasteiger partial charge is 0.507 e. The fourth-order valence-corrected chi connectivity index (χ4v) is 3.97. The van der Waals surface area contributed by atoms with E-state index in [-0.39, 0.29) is 11.3 Å². The lowest BCUT2D eigenvalue weighted by Crippen LogP contribution is -2.29. The van der Waals surface area contributed by atoms with Gasteiger partial charge in [0.2, 0.25) is 0 Å². The number of Topliss-reactive ketones (excluding diaryl/α,β-unsaturated/α-hetero) is 1. The number of rotatable bonds is 5. The van der Waals surface area contributed by atoms with E-state index < -0.39 is 17.7 Å². The van der Waals surface area contributed by atoms with Crippen molar-refractivity contribution in [3.05, 3.63) is 94.0 Å². The van der Waals surface area contributed by atoms with E-state index >= 15 is 0 Å². The molecule has 0 saturated carbocycles. The van der Waals surface area contributed by atoms with Gasteiger partial charge in [-0.1, -0.05) is 28.1 Å². The molecule has 0 radical (unpaired) electrons. The van der Waals surface area contributed by atoms with Crippen molar-refractivity contribution in [3.63, 3.8) is 0 Å². The molecular weight excluding hydrogens is 474 g/mol. The first-order valence-corrected chi connectivity index (χ1v) is 10.6. The van der Waals surface area contributed by atoms with Gasteiger partial charge >= 0.3 is 0 Å². The summed E-state index contributed by atoms with van der Waals surface area (Å²) < 4.78 is 11.2. The Kier molecular flexibility index (Phi) is 6.01. The van der Waals surface area contributed by atoms with Crippen LogP contribution in [0.4, 0.5) is 5.69 Å². The van der Waals surface area contributed by atoms with Gasteiger partial charge in [0.25, 0.3) is 11.7 Å². The molecule has 0 aliphatic carbocycles. The highest BCUT2D eigenvalue weighted by atomic mass is 79.9. The minimum absolute atomic E-state index is 0.0262. The minimum Gasteiger partial charge on any atom is -0.507 e. The Morgan fingerprint density at radius 1 is 0.844 bits per heavy atom. The quantitative estimate of drug-likeness (QED) is 0.304. The Labute approximate surface area is 193 Å². The van der Waals surface area contributed by atoms with Crippen LogP contribution in [-0.4, -0.2) is 31.0 Å². The number of aliphatic hydroxyl groups is 1. The first kappa shape index (κ1) is 21.6. The third kappa shape index (κ3) is 3.87. The third-order valence-electron chi connectivity index (χ3n) is 5.34. The predicted octanol–water partition coefficient (Wildman–Crippen LogP) is 5.09. The Hall–Kier alpha value is -3.58. The normalized spacial score (nSPS) is 17.5. The zero-order valence-electron chi connectivity index (χ0n) is 17.4. The molecule has 4 rings (SSSR count). The second kappa shape index (κ2) is 8.88. The van der Waals surface area contributed by atoms with Crippen LogP contribution >= 0.6 is 15.9 Å². The number of ether oxygens (including phenoxy) is 2. The van der Waals surface area contributed by atoms with Crippen molar-refractivity contribution >= 4 is 39.1 Å². The molecule has 1 atom stereocenters. The third-order valence-corrected chi connectivity index (χ3v) is 5.87. The van der Waals surface area contributed by atoms with Crippen LogP contribution in [-0.2, 0) is 9.59 Å². The molecule has 3 aromatic carbocycles. The van der Waals surface area contributed by atoms with E-state index in [1.54, 1.807) is 62.8 Å². The number of amides is 1. The van der Waals surface area contributed by atoms with Gasteiger partial charge in [0.15, 0.2) is 0 Å². The van der Waals surface area contributed by atoms with Gasteiger partial charge in [0.05, 0.1) is 25.8 Å². The number of benzene rings is 3. The average molecular weight is 494 g/mol. The van der Waals surface area contributed by atoms with Crippen LogP contribution in [0.3, 0.4) is 0 Å². The van der Waals surface area contributed by atoms with E-state index in [2.05, 4.69) is 15.9 Å². The highest BCUT2D eigenvalue weighted by Gasteiger charge is 2.46. The first-order valence-electron chi connectivity index (χ1n) is 9.79. The van der Waals surface area contributed by atoms with Crippen molar-refractivity contribution in [2.45, 2.75) is 6.04 Å². The van der Waals surface area contributed by atoms with Gasteiger partial charge in [0, 0.05) is 15.7 Å². The summed E-state index contributed by atoms with van der Waals surface area (Å²) in [5, 5.41) is 11.1. The number of hydrogen-bond donors (Lipinski definition) is 1. The molecule has 1 amide bonds. The topological polar surface area (TPSA) is 76.1 Å². The van der Waals surface area contributed by atoms with Crippen LogP contribution < -0.4 is 14.4 Å². The van der Waals surface area contributed by atoms with Gasteiger partial charge in [-0.25, -0.2) is 0 Å². The van der Waals surface area contributed by atoms with Crippen LogP contribution in [0.1, 0.15) is 17.2 Å². The summed E-state index contributed by atoms with van der Waals surface area (Å²) in [5.74, 6) is -0.455. The van der Waals surface area contributed by atoms with E-state index in [9.17, 15) is 14.7 Å². The molecule has 1 fully saturated rings. The molecule has 7 heteroatoms. The molecule has 0 spiro atoms. The number of carbonyl (C=O) groups excluding carboxylic acids is 2. The summed E-state index contributed by atoms with van der Waals surface area (Å²) >= 11 is 3.41. The van der Waals surface area contributed by atoms with Crippen LogP contribution in [0.2, 0.25) is 0 Å². The highest BCUT2D eigenvalue weighted by molar-refractivity contribution is 9.10. The Bertz CT molecular complexity index is 1180. The van der Waals surface area contributed by atoms with Gasteiger partial charge in [0.1, 0.15) is 17.3 Å². The second-order valence-electron chi connectivity index (χ2n) is 7.15. The molecule has 1 aliphatic heterocycles. The molecule has 1 aliphatic rings. The average Bonchev–Trinajstić information content (AvgIpc) is 3.09. The number of nitrogens with zero attached hydrogens (tertiary/aromatic N) is 1. The zero-order chi connectivity index (χ0) is 22.8. The van der Waals surface area contributed by atoms with Crippen molar-refractivity contribution in [2.75, 3.05) is 19.1 Å². The number of ketones is 1. The molecular formula is C25H20BrNO5. The molecule has 0 aromatic heterocycles. The summed E-state index contributed by atoms with van der Waals surface area (Å²) in [6.45, 7) is 0. The van der Waals surface area contributed by atoms with Gasteiger partial charge in [-0.05, 0) is 66.2 Å². The molecule has 1 N–H and O–H groups in total. The van der Waals surface area contributed by atoms with Crippen LogP contribution in [0.5, 0.6) is 11.5 Å². The van der Waals surface area contributed by atoms with E-state index in [4.69, 9.17) is 9.47 Å². The predicted molar refractivity (Wildman–Crippen MR) is 125 cm³/mol. The van der Waals surface area contributed by atoms with Crippen molar-refractivity contribution in [2.24, 2.45) is 0 Å². The summed E-state index contributed by atoms with van der Waals surface area (Å²) in [5.41, 5.74) is 1.66. The van der Waals surface area contributed by atoms with Crippen molar-refractivity contribution < 1.29 is 24.2 Å². The minimum atomic E-state index is -0.793. The van der Waals surface area contributed by atoms with Crippen molar-refractivity contribution in [3.8, 4) is 11.5 Å². The number of carbonyl (C=O) groups is 2. The maximum absolute atomic E-state index is 13.1. The Morgan fingerprint density at radius 3 is 1.91 bits per heavy atom. The molecule has 1 saturated heterocycles. The Morgan fingerprint density at radius 2 is 1.38 bits per heavy atom. The molecule has 3 aromatic rings. The zero-order valence-corrected chi connectivity index (χ0v) is 19.0. The number of halogens is 1. The number of aliphatic hydroxyl groups excluding tert-OH is 1. The van der Waals surface area contributed by atoms with Crippen LogP contribution in [0.25, 0.3) is 5.76 Å². The van der Waals surface area contributed by atoms with E-state index in [0.717, 1.165) is 4.47 Å². The molecule has 32 heavy (non-hydrogen) atoms. The molecule has 0 bridgehead atoms. The fraction of sp³-hybridized carbons (Fsp3) is 0.120. The monoisotopic (exact) mass is 493 g/mol. The second-order valence-corrected chi connectivity index (χ2v) is 8.06. The Balaban J connectivity index is 1.89. The van der Waals surface area contributed by atoms with Crippen LogP contribution in [0, 0.1) is 0 Å². The maximum Gasteiger partial charge on any atom is 0.300 e. The van der Waals surface area contributed by atoms with E-state index in [1.165, 1.54) is 4.90 Å². The van der Waals surface area contributed by atoms with Crippen molar-refractivity contribution in [1.29, 1.82) is 0 Å². The first-order chi connectivity index (χ1) is 15.4. The lowest BCUT2D eigenvalue weighted by atomic mass is 9.95. The molecule has 1 heterocycles. The number of hydrogen-bond acceptors (Lipinski definition) is 5. The van der Waals surface area contributed by atoms with Gasteiger partial charge in [-0.15, -0.1) is 0 Å². The van der Waals surface area contributed by atoms with Gasteiger partial charge in [-0.2, -0.15) is 0 Å². The summed E-state index contributed by atoms with van der Waals surface area (Å²) in [6.07, 6.45) is 0.